The van der Waals surface area contributed by atoms with Crippen molar-refractivity contribution < 1.29 is 0 Å². The lowest BCUT2D eigenvalue weighted by Gasteiger charge is -2.02. The molecule has 0 atom stereocenters. The van der Waals surface area contributed by atoms with Crippen LogP contribution in [0, 0.1) is 18.3 Å². The summed E-state index contributed by atoms with van der Waals surface area (Å²) in [6.07, 6.45) is 0. The van der Waals surface area contributed by atoms with Gasteiger partial charge in [-0.15, -0.1) is 5.10 Å². The van der Waals surface area contributed by atoms with Crippen LogP contribution >= 0.6 is 11.8 Å². The van der Waals surface area contributed by atoms with Gasteiger partial charge in [0.05, 0.1) is 0 Å². The second kappa shape index (κ2) is 5.01. The molecule has 0 bridgehead atoms. The third-order valence-corrected chi connectivity index (χ3v) is 3.03. The number of nitrogens with one attached hydrogen (secondary N) is 1. The molecule has 0 unspecified atom stereocenters. The highest BCUT2D eigenvalue weighted by Gasteiger charge is 2.11. The van der Waals surface area contributed by atoms with Crippen molar-refractivity contribution in [1.82, 2.24) is 24.7 Å². The van der Waals surface area contributed by atoms with Crippen LogP contribution in [0.15, 0.2) is 21.2 Å². The SMILES string of the molecule is CCn1c(Sc2nc(C)cc(C#N)n2)n[nH]c1=O. The molecular weight excluding hydrogens is 252 g/mol. The molecule has 8 heteroatoms. The predicted octanol–water partition coefficient (Wildman–Crippen LogP) is 0.713. The van der Waals surface area contributed by atoms with Crippen molar-refractivity contribution in [3.63, 3.8) is 0 Å². The maximum Gasteiger partial charge on any atom is 0.343 e. The minimum absolute atomic E-state index is 0.270. The van der Waals surface area contributed by atoms with E-state index in [1.807, 2.05) is 13.0 Å². The van der Waals surface area contributed by atoms with Crippen LogP contribution in [0.2, 0.25) is 0 Å². The summed E-state index contributed by atoms with van der Waals surface area (Å²) >= 11 is 1.15. The van der Waals surface area contributed by atoms with Crippen molar-refractivity contribution in [2.24, 2.45) is 0 Å². The summed E-state index contributed by atoms with van der Waals surface area (Å²) in [4.78, 5) is 19.6. The monoisotopic (exact) mass is 262 g/mol. The van der Waals surface area contributed by atoms with Crippen LogP contribution in [0.4, 0.5) is 0 Å². The fraction of sp³-hybridized carbons (Fsp3) is 0.300. The van der Waals surface area contributed by atoms with E-state index in [1.54, 1.807) is 13.0 Å². The summed E-state index contributed by atoms with van der Waals surface area (Å²) in [6, 6.07) is 3.57. The molecule has 0 aromatic carbocycles. The highest BCUT2D eigenvalue weighted by Crippen LogP contribution is 2.21. The number of H-pyrrole nitrogens is 1. The fourth-order valence-corrected chi connectivity index (χ4v) is 2.30. The van der Waals surface area contributed by atoms with Gasteiger partial charge in [-0.25, -0.2) is 19.9 Å². The molecule has 92 valence electrons. The minimum Gasteiger partial charge on any atom is -0.270 e. The molecule has 0 aliphatic rings. The van der Waals surface area contributed by atoms with Gasteiger partial charge in [0.1, 0.15) is 11.8 Å². The number of hydrogen-bond donors (Lipinski definition) is 1. The van der Waals surface area contributed by atoms with Gasteiger partial charge in [-0.1, -0.05) is 0 Å². The molecule has 0 saturated heterocycles. The molecule has 1 N–H and O–H groups in total. The molecule has 0 aliphatic carbocycles. The molecule has 0 saturated carbocycles. The molecule has 0 fully saturated rings. The van der Waals surface area contributed by atoms with Gasteiger partial charge in [0.2, 0.25) is 0 Å². The molecule has 2 aromatic rings. The molecule has 0 radical (unpaired) electrons. The Morgan fingerprint density at radius 2 is 2.33 bits per heavy atom. The second-order valence-corrected chi connectivity index (χ2v) is 4.38. The zero-order chi connectivity index (χ0) is 13.1. The first-order valence-electron chi connectivity index (χ1n) is 5.23. The Kier molecular flexibility index (Phi) is 3.43. The summed E-state index contributed by atoms with van der Waals surface area (Å²) in [5.41, 5.74) is 0.726. The first-order valence-corrected chi connectivity index (χ1v) is 6.04. The largest absolute Gasteiger partial charge is 0.343 e. The number of rotatable bonds is 3. The van der Waals surface area contributed by atoms with E-state index in [4.69, 9.17) is 5.26 Å². The van der Waals surface area contributed by atoms with Crippen molar-refractivity contribution >= 4 is 11.8 Å². The number of aromatic amines is 1. The van der Waals surface area contributed by atoms with Crippen LogP contribution < -0.4 is 5.69 Å². The first kappa shape index (κ1) is 12.3. The van der Waals surface area contributed by atoms with E-state index in [0.29, 0.717) is 28.2 Å². The highest BCUT2D eigenvalue weighted by molar-refractivity contribution is 7.99. The molecular formula is C10H10N6OS. The van der Waals surface area contributed by atoms with Gasteiger partial charge in [0, 0.05) is 12.2 Å². The lowest BCUT2D eigenvalue weighted by molar-refractivity contribution is 0.659. The summed E-state index contributed by atoms with van der Waals surface area (Å²) < 4.78 is 1.47. The Labute approximate surface area is 107 Å². The number of nitriles is 1. The van der Waals surface area contributed by atoms with Gasteiger partial charge in [-0.3, -0.25) is 4.57 Å². The summed E-state index contributed by atoms with van der Waals surface area (Å²) in [5.74, 6) is 0. The topological polar surface area (TPSA) is 100 Å². The Balaban J connectivity index is 2.37. The van der Waals surface area contributed by atoms with Crippen LogP contribution in [0.1, 0.15) is 18.3 Å². The van der Waals surface area contributed by atoms with Crippen molar-refractivity contribution in [2.75, 3.05) is 0 Å². The summed E-state index contributed by atoms with van der Waals surface area (Å²) in [6.45, 7) is 4.14. The van der Waals surface area contributed by atoms with Crippen LogP contribution in [0.3, 0.4) is 0 Å². The predicted molar refractivity (Wildman–Crippen MR) is 64.1 cm³/mol. The number of hydrogen-bond acceptors (Lipinski definition) is 6. The van der Waals surface area contributed by atoms with E-state index < -0.39 is 0 Å². The lowest BCUT2D eigenvalue weighted by atomic mass is 10.4. The highest BCUT2D eigenvalue weighted by atomic mass is 32.2. The van der Waals surface area contributed by atoms with Gasteiger partial charge < -0.3 is 0 Å². The Hall–Kier alpha value is -2.14. The normalized spacial score (nSPS) is 10.3. The van der Waals surface area contributed by atoms with E-state index in [1.165, 1.54) is 4.57 Å². The van der Waals surface area contributed by atoms with Gasteiger partial charge in [-0.05, 0) is 31.7 Å². The standard InChI is InChI=1S/C10H10N6OS/c1-3-16-9(17)14-15-10(16)18-8-12-6(2)4-7(5-11)13-8/h4H,3H2,1-2H3,(H,14,17). The second-order valence-electron chi connectivity index (χ2n) is 3.45. The molecule has 2 heterocycles. The van der Waals surface area contributed by atoms with Crippen molar-refractivity contribution in [3.05, 3.63) is 27.9 Å². The molecule has 0 aliphatic heterocycles. The van der Waals surface area contributed by atoms with E-state index >= 15 is 0 Å². The van der Waals surface area contributed by atoms with Crippen molar-refractivity contribution in [2.45, 2.75) is 30.7 Å². The first-order chi connectivity index (χ1) is 8.63. The zero-order valence-electron chi connectivity index (χ0n) is 9.84. The van der Waals surface area contributed by atoms with Crippen LogP contribution in [0.25, 0.3) is 0 Å². The molecule has 0 spiro atoms. The third-order valence-electron chi connectivity index (χ3n) is 2.17. The van der Waals surface area contributed by atoms with Gasteiger partial charge in [0.15, 0.2) is 10.3 Å². The zero-order valence-corrected chi connectivity index (χ0v) is 10.7. The average Bonchev–Trinajstić information content (AvgIpc) is 2.69. The molecule has 18 heavy (non-hydrogen) atoms. The Morgan fingerprint density at radius 1 is 1.56 bits per heavy atom. The minimum atomic E-state index is -0.270. The third kappa shape index (κ3) is 2.41. The number of aryl methyl sites for hydroxylation is 1. The fourth-order valence-electron chi connectivity index (χ4n) is 1.39. The maximum absolute atomic E-state index is 11.4. The van der Waals surface area contributed by atoms with Crippen LogP contribution in [-0.4, -0.2) is 24.7 Å². The number of aromatic nitrogens is 5. The summed E-state index contributed by atoms with van der Waals surface area (Å²) in [5, 5.41) is 16.0. The quantitative estimate of drug-likeness (QED) is 0.818. The Morgan fingerprint density at radius 3 is 3.00 bits per heavy atom. The lowest BCUT2D eigenvalue weighted by Crippen LogP contribution is -2.16. The van der Waals surface area contributed by atoms with Crippen LogP contribution in [0.5, 0.6) is 0 Å². The molecule has 2 rings (SSSR count). The molecule has 0 amide bonds. The van der Waals surface area contributed by atoms with Crippen LogP contribution in [-0.2, 0) is 6.54 Å². The van der Waals surface area contributed by atoms with Crippen molar-refractivity contribution in [1.29, 1.82) is 5.26 Å². The average molecular weight is 262 g/mol. The van der Waals surface area contributed by atoms with Gasteiger partial charge >= 0.3 is 5.69 Å². The van der Waals surface area contributed by atoms with E-state index in [9.17, 15) is 4.79 Å². The van der Waals surface area contributed by atoms with Gasteiger partial charge in [-0.2, -0.15) is 5.26 Å². The van der Waals surface area contributed by atoms with E-state index in [-0.39, 0.29) is 5.69 Å². The molecule has 2 aromatic heterocycles. The summed E-state index contributed by atoms with van der Waals surface area (Å²) in [7, 11) is 0. The number of nitrogens with zero attached hydrogens (tertiary/aromatic N) is 5. The van der Waals surface area contributed by atoms with Gasteiger partial charge in [0.25, 0.3) is 0 Å². The molecule has 7 nitrogen and oxygen atoms in total. The Bertz CT molecular complexity index is 668. The smallest absolute Gasteiger partial charge is 0.270 e. The van der Waals surface area contributed by atoms with E-state index in [0.717, 1.165) is 11.8 Å². The maximum atomic E-state index is 11.4. The van der Waals surface area contributed by atoms with E-state index in [2.05, 4.69) is 20.2 Å². The van der Waals surface area contributed by atoms with Crippen molar-refractivity contribution in [3.8, 4) is 6.07 Å².